The van der Waals surface area contributed by atoms with Crippen molar-refractivity contribution in [3.05, 3.63) is 52.8 Å². The zero-order chi connectivity index (χ0) is 11.4. The van der Waals surface area contributed by atoms with Crippen LogP contribution in [0, 0.1) is 5.82 Å². The van der Waals surface area contributed by atoms with Crippen LogP contribution in [0.1, 0.15) is 5.82 Å². The largest absolute Gasteiger partial charge is 0.483 e. The lowest BCUT2D eigenvalue weighted by atomic mass is 10.3. The molecule has 2 aromatic rings. The first-order chi connectivity index (χ1) is 7.75. The van der Waals surface area contributed by atoms with E-state index in [0.29, 0.717) is 10.4 Å². The van der Waals surface area contributed by atoms with Gasteiger partial charge < -0.3 is 4.74 Å². The fourth-order valence-electron chi connectivity index (χ4n) is 1.15. The molecule has 0 N–H and O–H groups in total. The molecule has 0 unspecified atom stereocenters. The number of rotatable bonds is 3. The van der Waals surface area contributed by atoms with Crippen LogP contribution in [0.25, 0.3) is 0 Å². The van der Waals surface area contributed by atoms with Crippen molar-refractivity contribution in [3.63, 3.8) is 0 Å². The second-order valence-corrected chi connectivity index (χ2v) is 3.83. The second kappa shape index (κ2) is 5.03. The van der Waals surface area contributed by atoms with E-state index in [4.69, 9.17) is 4.74 Å². The molecule has 1 aromatic heterocycles. The molecule has 2 rings (SSSR count). The number of halogens is 2. The molecular formula is C11H8BrFN2O. The Labute approximate surface area is 100 Å². The van der Waals surface area contributed by atoms with Gasteiger partial charge in [-0.25, -0.2) is 14.4 Å². The minimum atomic E-state index is -0.391. The van der Waals surface area contributed by atoms with Gasteiger partial charge in [0.05, 0.1) is 0 Å². The topological polar surface area (TPSA) is 35.0 Å². The Morgan fingerprint density at radius 2 is 2.06 bits per heavy atom. The number of hydrogen-bond donors (Lipinski definition) is 0. The first-order valence-corrected chi connectivity index (χ1v) is 5.40. The van der Waals surface area contributed by atoms with E-state index in [-0.39, 0.29) is 12.4 Å². The summed E-state index contributed by atoms with van der Waals surface area (Å²) in [5.41, 5.74) is 0. The van der Waals surface area contributed by atoms with Crippen molar-refractivity contribution in [2.75, 3.05) is 0 Å². The quantitative estimate of drug-likeness (QED) is 0.812. The summed E-state index contributed by atoms with van der Waals surface area (Å²) < 4.78 is 19.1. The molecule has 0 aliphatic heterocycles. The predicted molar refractivity (Wildman–Crippen MR) is 60.5 cm³/mol. The lowest BCUT2D eigenvalue weighted by molar-refractivity contribution is 0.280. The van der Waals surface area contributed by atoms with Crippen molar-refractivity contribution in [1.29, 1.82) is 0 Å². The zero-order valence-corrected chi connectivity index (χ0v) is 9.82. The van der Waals surface area contributed by atoms with E-state index in [1.165, 1.54) is 6.07 Å². The van der Waals surface area contributed by atoms with Crippen molar-refractivity contribution < 1.29 is 9.13 Å². The van der Waals surface area contributed by atoms with Crippen molar-refractivity contribution in [1.82, 2.24) is 9.97 Å². The van der Waals surface area contributed by atoms with Gasteiger partial charge in [0.1, 0.15) is 11.2 Å². The normalized spacial score (nSPS) is 10.1. The number of nitrogens with zero attached hydrogens (tertiary/aromatic N) is 2. The van der Waals surface area contributed by atoms with E-state index < -0.39 is 5.82 Å². The van der Waals surface area contributed by atoms with E-state index in [9.17, 15) is 4.39 Å². The molecule has 0 aliphatic carbocycles. The molecule has 0 amide bonds. The van der Waals surface area contributed by atoms with Gasteiger partial charge in [0.25, 0.3) is 0 Å². The average molecular weight is 283 g/mol. The van der Waals surface area contributed by atoms with Crippen LogP contribution in [0.15, 0.2) is 41.1 Å². The summed E-state index contributed by atoms with van der Waals surface area (Å²) >= 11 is 3.22. The molecule has 82 valence electrons. The molecule has 5 heteroatoms. The Kier molecular flexibility index (Phi) is 3.46. The standard InChI is InChI=1S/C11H8BrFN2O/c12-10-5-6-14-11(15-10)7-16-9-4-2-1-3-8(9)13/h1-6H,7H2. The predicted octanol–water partition coefficient (Wildman–Crippen LogP) is 2.96. The van der Waals surface area contributed by atoms with Crippen LogP contribution in [0.3, 0.4) is 0 Å². The molecule has 16 heavy (non-hydrogen) atoms. The molecule has 0 atom stereocenters. The summed E-state index contributed by atoms with van der Waals surface area (Å²) in [6.07, 6.45) is 1.61. The highest BCUT2D eigenvalue weighted by molar-refractivity contribution is 9.10. The summed E-state index contributed by atoms with van der Waals surface area (Å²) in [6.45, 7) is 0.139. The molecule has 0 saturated carbocycles. The molecule has 0 saturated heterocycles. The number of aromatic nitrogens is 2. The van der Waals surface area contributed by atoms with Crippen LogP contribution in [0.4, 0.5) is 4.39 Å². The third-order valence-electron chi connectivity index (χ3n) is 1.86. The highest BCUT2D eigenvalue weighted by Gasteiger charge is 2.03. The summed E-state index contributed by atoms with van der Waals surface area (Å²) in [6, 6.07) is 7.94. The van der Waals surface area contributed by atoms with Gasteiger partial charge in [0.15, 0.2) is 17.4 Å². The van der Waals surface area contributed by atoms with E-state index in [1.54, 1.807) is 30.5 Å². The molecule has 0 bridgehead atoms. The van der Waals surface area contributed by atoms with Gasteiger partial charge in [0.2, 0.25) is 0 Å². The monoisotopic (exact) mass is 282 g/mol. The Hall–Kier alpha value is -1.49. The molecule has 0 fully saturated rings. The lowest BCUT2D eigenvalue weighted by Crippen LogP contribution is -2.02. The second-order valence-electron chi connectivity index (χ2n) is 3.01. The van der Waals surface area contributed by atoms with Crippen LogP contribution < -0.4 is 4.74 Å². The number of para-hydroxylation sites is 1. The van der Waals surface area contributed by atoms with E-state index in [1.807, 2.05) is 0 Å². The molecule has 0 radical (unpaired) electrons. The molecule has 1 heterocycles. The lowest BCUT2D eigenvalue weighted by Gasteiger charge is -2.05. The van der Waals surface area contributed by atoms with Gasteiger partial charge in [-0.2, -0.15) is 0 Å². The van der Waals surface area contributed by atoms with Gasteiger partial charge in [0, 0.05) is 6.20 Å². The number of benzene rings is 1. The van der Waals surface area contributed by atoms with E-state index in [0.717, 1.165) is 0 Å². The third-order valence-corrected chi connectivity index (χ3v) is 2.31. The Bertz CT molecular complexity index is 493. The molecule has 1 aromatic carbocycles. The smallest absolute Gasteiger partial charge is 0.167 e. The van der Waals surface area contributed by atoms with Crippen LogP contribution in [0.5, 0.6) is 5.75 Å². The summed E-state index contributed by atoms with van der Waals surface area (Å²) in [5.74, 6) is 0.307. The van der Waals surface area contributed by atoms with Crippen LogP contribution in [-0.4, -0.2) is 9.97 Å². The maximum atomic E-state index is 13.2. The van der Waals surface area contributed by atoms with Crippen LogP contribution in [0.2, 0.25) is 0 Å². The number of hydrogen-bond acceptors (Lipinski definition) is 3. The van der Waals surface area contributed by atoms with Crippen molar-refractivity contribution in [2.24, 2.45) is 0 Å². The van der Waals surface area contributed by atoms with Gasteiger partial charge in [-0.1, -0.05) is 12.1 Å². The highest BCUT2D eigenvalue weighted by atomic mass is 79.9. The van der Waals surface area contributed by atoms with Gasteiger partial charge >= 0.3 is 0 Å². The molecule has 0 aliphatic rings. The Balaban J connectivity index is 2.05. The highest BCUT2D eigenvalue weighted by Crippen LogP contribution is 2.16. The number of ether oxygens (including phenoxy) is 1. The maximum Gasteiger partial charge on any atom is 0.167 e. The minimum Gasteiger partial charge on any atom is -0.483 e. The Morgan fingerprint density at radius 3 is 2.81 bits per heavy atom. The van der Waals surface area contributed by atoms with Crippen molar-refractivity contribution in [2.45, 2.75) is 6.61 Å². The molecule has 3 nitrogen and oxygen atoms in total. The van der Waals surface area contributed by atoms with Crippen LogP contribution in [-0.2, 0) is 6.61 Å². The van der Waals surface area contributed by atoms with Gasteiger partial charge in [-0.05, 0) is 34.1 Å². The SMILES string of the molecule is Fc1ccccc1OCc1nccc(Br)n1. The fraction of sp³-hybridized carbons (Fsp3) is 0.0909. The zero-order valence-electron chi connectivity index (χ0n) is 8.23. The summed E-state index contributed by atoms with van der Waals surface area (Å²) in [4.78, 5) is 8.07. The average Bonchev–Trinajstić information content (AvgIpc) is 2.28. The summed E-state index contributed by atoms with van der Waals surface area (Å²) in [7, 11) is 0. The first kappa shape index (κ1) is 11.0. The third kappa shape index (κ3) is 2.76. The summed E-state index contributed by atoms with van der Waals surface area (Å²) in [5, 5.41) is 0. The Morgan fingerprint density at radius 1 is 1.25 bits per heavy atom. The van der Waals surface area contributed by atoms with Crippen LogP contribution >= 0.6 is 15.9 Å². The van der Waals surface area contributed by atoms with E-state index >= 15 is 0 Å². The molecule has 0 spiro atoms. The molecular weight excluding hydrogens is 275 g/mol. The maximum absolute atomic E-state index is 13.2. The van der Waals surface area contributed by atoms with Crippen molar-refractivity contribution in [3.8, 4) is 5.75 Å². The van der Waals surface area contributed by atoms with Gasteiger partial charge in [-0.3, -0.25) is 0 Å². The van der Waals surface area contributed by atoms with E-state index in [2.05, 4.69) is 25.9 Å². The first-order valence-electron chi connectivity index (χ1n) is 4.60. The fourth-order valence-corrected chi connectivity index (χ4v) is 1.47. The van der Waals surface area contributed by atoms with Gasteiger partial charge in [-0.15, -0.1) is 0 Å². The van der Waals surface area contributed by atoms with Crippen molar-refractivity contribution >= 4 is 15.9 Å². The minimum absolute atomic E-state index is 0.139.